The van der Waals surface area contributed by atoms with Gasteiger partial charge in [0.15, 0.2) is 5.69 Å². The maximum absolute atomic E-state index is 12.0. The summed E-state index contributed by atoms with van der Waals surface area (Å²) in [4.78, 5) is 12.0. The number of aromatic nitrogens is 3. The Morgan fingerprint density at radius 3 is 2.68 bits per heavy atom. The molecule has 0 bridgehead atoms. The maximum Gasteiger partial charge on any atom is 0.273 e. The van der Waals surface area contributed by atoms with E-state index in [9.17, 15) is 4.79 Å². The van der Waals surface area contributed by atoms with Gasteiger partial charge in [0.1, 0.15) is 0 Å². The average molecular weight is 258 g/mol. The monoisotopic (exact) mass is 258 g/mol. The Kier molecular flexibility index (Phi) is 3.64. The minimum atomic E-state index is -0.189. The van der Waals surface area contributed by atoms with Gasteiger partial charge in [0.25, 0.3) is 5.91 Å². The van der Waals surface area contributed by atoms with Crippen molar-refractivity contribution in [1.29, 1.82) is 0 Å². The van der Waals surface area contributed by atoms with E-state index in [2.05, 4.69) is 15.6 Å². The summed E-state index contributed by atoms with van der Waals surface area (Å²) >= 11 is 0. The Balaban J connectivity index is 2.35. The fraction of sp³-hybridized carbons (Fsp3) is 0.357. The van der Waals surface area contributed by atoms with Crippen LogP contribution in [0.5, 0.6) is 0 Å². The zero-order valence-corrected chi connectivity index (χ0v) is 11.6. The largest absolute Gasteiger partial charge is 0.348 e. The van der Waals surface area contributed by atoms with Crippen LogP contribution in [-0.2, 0) is 0 Å². The van der Waals surface area contributed by atoms with Crippen LogP contribution in [0, 0.1) is 13.8 Å². The van der Waals surface area contributed by atoms with E-state index in [4.69, 9.17) is 0 Å². The molecule has 0 fully saturated rings. The number of benzene rings is 1. The molecule has 0 atom stereocenters. The first-order valence-corrected chi connectivity index (χ1v) is 6.29. The van der Waals surface area contributed by atoms with Gasteiger partial charge in [0.2, 0.25) is 0 Å². The molecule has 0 unspecified atom stereocenters. The summed E-state index contributed by atoms with van der Waals surface area (Å²) in [6.07, 6.45) is 0. The third-order valence-electron chi connectivity index (χ3n) is 2.78. The van der Waals surface area contributed by atoms with Gasteiger partial charge in [-0.2, -0.15) is 0 Å². The number of rotatable bonds is 3. The lowest BCUT2D eigenvalue weighted by Crippen LogP contribution is -2.30. The molecule has 1 aromatic heterocycles. The third-order valence-corrected chi connectivity index (χ3v) is 2.78. The standard InChI is InChI=1S/C14H18N4O/c1-9(2)15-14(19)13-11(4)18(17-16-13)12-7-5-6-10(3)8-12/h5-9H,1-4H3,(H,15,19). The number of hydrogen-bond donors (Lipinski definition) is 1. The first kappa shape index (κ1) is 13.3. The van der Waals surface area contributed by atoms with Crippen LogP contribution >= 0.6 is 0 Å². The van der Waals surface area contributed by atoms with Crippen LogP contribution in [0.2, 0.25) is 0 Å². The van der Waals surface area contributed by atoms with Crippen LogP contribution in [0.4, 0.5) is 0 Å². The van der Waals surface area contributed by atoms with Gasteiger partial charge in [-0.25, -0.2) is 4.68 Å². The number of aryl methyl sites for hydroxylation is 1. The van der Waals surface area contributed by atoms with Crippen molar-refractivity contribution in [2.75, 3.05) is 0 Å². The molecule has 5 nitrogen and oxygen atoms in total. The van der Waals surface area contributed by atoms with Gasteiger partial charge in [-0.15, -0.1) is 5.10 Å². The number of nitrogens with zero attached hydrogens (tertiary/aromatic N) is 3. The van der Waals surface area contributed by atoms with Crippen molar-refractivity contribution < 1.29 is 4.79 Å². The van der Waals surface area contributed by atoms with Gasteiger partial charge in [0, 0.05) is 6.04 Å². The zero-order valence-electron chi connectivity index (χ0n) is 11.6. The molecule has 0 saturated carbocycles. The number of hydrogen-bond acceptors (Lipinski definition) is 3. The van der Waals surface area contributed by atoms with E-state index >= 15 is 0 Å². The molecular weight excluding hydrogens is 240 g/mol. The first-order chi connectivity index (χ1) is 8.99. The van der Waals surface area contributed by atoms with Gasteiger partial charge in [0.05, 0.1) is 11.4 Å². The highest BCUT2D eigenvalue weighted by Gasteiger charge is 2.17. The molecule has 19 heavy (non-hydrogen) atoms. The van der Waals surface area contributed by atoms with E-state index in [1.165, 1.54) is 0 Å². The quantitative estimate of drug-likeness (QED) is 0.916. The van der Waals surface area contributed by atoms with Gasteiger partial charge in [-0.3, -0.25) is 4.79 Å². The Bertz CT molecular complexity index is 601. The van der Waals surface area contributed by atoms with E-state index < -0.39 is 0 Å². The van der Waals surface area contributed by atoms with Crippen LogP contribution in [-0.4, -0.2) is 26.9 Å². The highest BCUT2D eigenvalue weighted by atomic mass is 16.2. The highest BCUT2D eigenvalue weighted by Crippen LogP contribution is 2.13. The van der Waals surface area contributed by atoms with E-state index in [1.54, 1.807) is 4.68 Å². The zero-order chi connectivity index (χ0) is 14.0. The van der Waals surface area contributed by atoms with Crippen molar-refractivity contribution in [3.63, 3.8) is 0 Å². The molecule has 1 heterocycles. The summed E-state index contributed by atoms with van der Waals surface area (Å²) in [7, 11) is 0. The summed E-state index contributed by atoms with van der Waals surface area (Å²) in [5, 5.41) is 10.9. The lowest BCUT2D eigenvalue weighted by molar-refractivity contribution is 0.0937. The predicted octanol–water partition coefficient (Wildman–Crippen LogP) is 2.02. The van der Waals surface area contributed by atoms with E-state index in [1.807, 2.05) is 52.0 Å². The van der Waals surface area contributed by atoms with Crippen molar-refractivity contribution in [1.82, 2.24) is 20.3 Å². The topological polar surface area (TPSA) is 59.8 Å². The van der Waals surface area contributed by atoms with Crippen molar-refractivity contribution in [2.45, 2.75) is 33.7 Å². The van der Waals surface area contributed by atoms with Crippen LogP contribution in [0.25, 0.3) is 5.69 Å². The lowest BCUT2D eigenvalue weighted by Gasteiger charge is -2.07. The fourth-order valence-electron chi connectivity index (χ4n) is 1.87. The van der Waals surface area contributed by atoms with Crippen molar-refractivity contribution in [3.05, 3.63) is 41.2 Å². The Hall–Kier alpha value is -2.17. The third kappa shape index (κ3) is 2.81. The van der Waals surface area contributed by atoms with E-state index in [0.717, 1.165) is 16.9 Å². The molecule has 2 rings (SSSR count). The molecule has 1 N–H and O–H groups in total. The van der Waals surface area contributed by atoms with Crippen LogP contribution in [0.15, 0.2) is 24.3 Å². The summed E-state index contributed by atoms with van der Waals surface area (Å²) in [5.74, 6) is -0.189. The second-order valence-corrected chi connectivity index (χ2v) is 4.90. The molecular formula is C14H18N4O. The maximum atomic E-state index is 12.0. The van der Waals surface area contributed by atoms with Gasteiger partial charge >= 0.3 is 0 Å². The molecule has 0 aliphatic heterocycles. The Morgan fingerprint density at radius 1 is 1.32 bits per heavy atom. The minimum absolute atomic E-state index is 0.0796. The Morgan fingerprint density at radius 2 is 2.05 bits per heavy atom. The van der Waals surface area contributed by atoms with Crippen LogP contribution in [0.3, 0.4) is 0 Å². The lowest BCUT2D eigenvalue weighted by atomic mass is 10.2. The first-order valence-electron chi connectivity index (χ1n) is 6.29. The summed E-state index contributed by atoms with van der Waals surface area (Å²) < 4.78 is 1.68. The molecule has 0 aliphatic rings. The fourth-order valence-corrected chi connectivity index (χ4v) is 1.87. The summed E-state index contributed by atoms with van der Waals surface area (Å²) in [6.45, 7) is 7.69. The van der Waals surface area contributed by atoms with Gasteiger partial charge in [-0.05, 0) is 45.4 Å². The second-order valence-electron chi connectivity index (χ2n) is 4.90. The SMILES string of the molecule is Cc1cccc(-n2nnc(C(=O)NC(C)C)c2C)c1. The molecule has 0 radical (unpaired) electrons. The molecule has 5 heteroatoms. The average Bonchev–Trinajstić information content (AvgIpc) is 2.70. The molecule has 1 amide bonds. The molecule has 0 spiro atoms. The second kappa shape index (κ2) is 5.22. The van der Waals surface area contributed by atoms with Crippen molar-refractivity contribution >= 4 is 5.91 Å². The van der Waals surface area contributed by atoms with Gasteiger partial charge in [-0.1, -0.05) is 17.3 Å². The smallest absolute Gasteiger partial charge is 0.273 e. The Labute approximate surface area is 112 Å². The predicted molar refractivity (Wildman–Crippen MR) is 73.4 cm³/mol. The van der Waals surface area contributed by atoms with Gasteiger partial charge < -0.3 is 5.32 Å². The van der Waals surface area contributed by atoms with Crippen molar-refractivity contribution in [3.8, 4) is 5.69 Å². The molecule has 0 saturated heterocycles. The number of nitrogens with one attached hydrogen (secondary N) is 1. The normalized spacial score (nSPS) is 10.8. The van der Waals surface area contributed by atoms with Crippen LogP contribution < -0.4 is 5.32 Å². The summed E-state index contributed by atoms with van der Waals surface area (Å²) in [5.41, 5.74) is 3.16. The van der Waals surface area contributed by atoms with E-state index in [-0.39, 0.29) is 11.9 Å². The molecule has 100 valence electrons. The number of amides is 1. The number of carbonyl (C=O) groups is 1. The molecule has 0 aliphatic carbocycles. The molecule has 1 aromatic carbocycles. The van der Waals surface area contributed by atoms with Crippen molar-refractivity contribution in [2.24, 2.45) is 0 Å². The van der Waals surface area contributed by atoms with E-state index in [0.29, 0.717) is 5.69 Å². The minimum Gasteiger partial charge on any atom is -0.348 e. The highest BCUT2D eigenvalue weighted by molar-refractivity contribution is 5.93. The summed E-state index contributed by atoms with van der Waals surface area (Å²) in [6, 6.07) is 8.00. The van der Waals surface area contributed by atoms with Crippen LogP contribution in [0.1, 0.15) is 35.6 Å². The number of carbonyl (C=O) groups excluding carboxylic acids is 1. The molecule has 2 aromatic rings.